The van der Waals surface area contributed by atoms with Gasteiger partial charge in [-0.25, -0.2) is 0 Å². The molecule has 4 heteroatoms. The molecule has 0 amide bonds. The number of nitrogens with zero attached hydrogens (tertiary/aromatic N) is 3. The lowest BCUT2D eigenvalue weighted by Gasteiger charge is -2.34. The summed E-state index contributed by atoms with van der Waals surface area (Å²) in [6.07, 6.45) is 1.95. The number of fused-ring (bicyclic) bond motifs is 16. The molecule has 1 atom stereocenters. The molecule has 0 saturated heterocycles. The average Bonchev–Trinajstić information content (AvgIpc) is 2.55. The van der Waals surface area contributed by atoms with Crippen molar-refractivity contribution in [3.05, 3.63) is 245 Å². The van der Waals surface area contributed by atoms with Crippen LogP contribution in [0.25, 0.3) is 55.1 Å². The Morgan fingerprint density at radius 2 is 0.872 bits per heavy atom. The molecule has 0 fully saturated rings. The van der Waals surface area contributed by atoms with Crippen LogP contribution in [-0.2, 0) is 27.1 Å². The van der Waals surface area contributed by atoms with Crippen molar-refractivity contribution >= 4 is 67.0 Å². The Balaban J connectivity index is 1.15. The lowest BCUT2D eigenvalue weighted by molar-refractivity contribution is 0.590. The van der Waals surface area contributed by atoms with E-state index in [0.29, 0.717) is 0 Å². The van der Waals surface area contributed by atoms with Crippen LogP contribution >= 0.6 is 0 Å². The highest BCUT2D eigenvalue weighted by Crippen LogP contribution is 2.67. The van der Waals surface area contributed by atoms with E-state index in [2.05, 4.69) is 287 Å². The number of furan rings is 1. The maximum absolute atomic E-state index is 7.44. The number of hydrogen-bond donors (Lipinski definition) is 0. The first-order chi connectivity index (χ1) is 37.2. The molecule has 2 aliphatic carbocycles. The molecule has 2 aliphatic rings. The smallest absolute Gasteiger partial charge is 0.145 e. The Morgan fingerprint density at radius 1 is 0.385 bits per heavy atom. The zero-order valence-corrected chi connectivity index (χ0v) is 47.3. The fourth-order valence-electron chi connectivity index (χ4n) is 12.8. The second-order valence-electron chi connectivity index (χ2n) is 26.1. The first kappa shape index (κ1) is 49.4. The Hall–Kier alpha value is -8.21. The van der Waals surface area contributed by atoms with Crippen molar-refractivity contribution in [3.63, 3.8) is 0 Å². The number of anilines is 6. The van der Waals surface area contributed by atoms with E-state index in [4.69, 9.17) is 9.40 Å². The van der Waals surface area contributed by atoms with Crippen molar-refractivity contribution in [3.8, 4) is 22.3 Å². The Labute approximate surface area is 461 Å². The first-order valence-electron chi connectivity index (χ1n) is 27.9. The van der Waals surface area contributed by atoms with E-state index in [0.717, 1.165) is 78.1 Å². The molecule has 11 aromatic rings. The van der Waals surface area contributed by atoms with Gasteiger partial charge in [-0.15, -0.1) is 0 Å². The zero-order chi connectivity index (χ0) is 54.3. The summed E-state index contributed by atoms with van der Waals surface area (Å²) in [6.45, 7) is 27.4. The summed E-state index contributed by atoms with van der Waals surface area (Å²) in [5.74, 6) is 0. The molecular formula is C74H69N3O. The third-order valence-electron chi connectivity index (χ3n) is 17.0. The van der Waals surface area contributed by atoms with Crippen LogP contribution in [-0.4, -0.2) is 4.98 Å². The Morgan fingerprint density at radius 3 is 1.42 bits per heavy atom. The number of pyridine rings is 1. The second-order valence-corrected chi connectivity index (χ2v) is 26.1. The molecule has 4 nitrogen and oxygen atoms in total. The standard InChI is InChI=1S/C74H69N3O/c1-70(2,3)47-24-32-51(33-25-47)76(52-34-26-48(27-35-52)71(4,5)6)55-40-41-57-61(44-55)74(59-21-15-13-19-56(59)65-60(74)42-23-46-18-17-43-75-68(46)65)62-45-63(67-58-20-14-16-22-64(58)78-69(67)66(57)62)77(53-36-28-49(29-37-53)72(7,8)9)54-38-30-50(31-39-54)73(10,11)12/h13-45H,1-12H3. The van der Waals surface area contributed by atoms with Gasteiger partial charge in [-0.2, -0.15) is 0 Å². The molecule has 1 spiro atoms. The van der Waals surface area contributed by atoms with Crippen LogP contribution in [0.15, 0.2) is 205 Å². The summed E-state index contributed by atoms with van der Waals surface area (Å²) in [4.78, 5) is 10.1. The van der Waals surface area contributed by atoms with Gasteiger partial charge in [-0.1, -0.05) is 198 Å². The molecule has 386 valence electrons. The van der Waals surface area contributed by atoms with Crippen molar-refractivity contribution in [2.75, 3.05) is 9.80 Å². The molecule has 2 aromatic heterocycles. The van der Waals surface area contributed by atoms with Crippen LogP contribution in [0.4, 0.5) is 34.1 Å². The molecule has 0 saturated carbocycles. The van der Waals surface area contributed by atoms with Crippen molar-refractivity contribution in [1.29, 1.82) is 0 Å². The maximum atomic E-state index is 7.44. The zero-order valence-electron chi connectivity index (χ0n) is 47.3. The van der Waals surface area contributed by atoms with Crippen molar-refractivity contribution < 1.29 is 4.42 Å². The van der Waals surface area contributed by atoms with Crippen LogP contribution in [0.5, 0.6) is 0 Å². The third kappa shape index (κ3) is 7.65. The SMILES string of the molecule is CC(C)(C)c1ccc(N(c2ccc(C(C)(C)C)cc2)c2ccc3c(c2)C2(c4ccccc4-c4c2ccc2cccnc42)c2cc(N(c4ccc(C(C)(C)C)cc4)c4ccc(C(C)(C)C)cc4)c4c(oc5ccccc54)c2-3)cc1. The summed E-state index contributed by atoms with van der Waals surface area (Å²) >= 11 is 0. The van der Waals surface area contributed by atoms with Gasteiger partial charge < -0.3 is 14.2 Å². The Kier molecular flexibility index (Phi) is 11.0. The highest BCUT2D eigenvalue weighted by Gasteiger charge is 2.54. The summed E-state index contributed by atoms with van der Waals surface area (Å²) in [6, 6.07) is 73.3. The number of rotatable bonds is 6. The minimum atomic E-state index is -0.782. The van der Waals surface area contributed by atoms with E-state index >= 15 is 0 Å². The number of hydrogen-bond acceptors (Lipinski definition) is 4. The van der Waals surface area contributed by atoms with Crippen molar-refractivity contribution in [1.82, 2.24) is 4.98 Å². The molecule has 0 N–H and O–H groups in total. The predicted molar refractivity (Wildman–Crippen MR) is 329 cm³/mol. The van der Waals surface area contributed by atoms with Crippen molar-refractivity contribution in [2.24, 2.45) is 0 Å². The van der Waals surface area contributed by atoms with Crippen LogP contribution in [0.2, 0.25) is 0 Å². The summed E-state index contributed by atoms with van der Waals surface area (Å²) < 4.78 is 7.44. The van der Waals surface area contributed by atoms with Gasteiger partial charge in [-0.3, -0.25) is 4.98 Å². The average molecular weight is 1020 g/mol. The van der Waals surface area contributed by atoms with Gasteiger partial charge >= 0.3 is 0 Å². The van der Waals surface area contributed by atoms with Crippen LogP contribution in [0, 0.1) is 0 Å². The monoisotopic (exact) mass is 1020 g/mol. The minimum absolute atomic E-state index is 0.00784. The molecule has 9 aromatic carbocycles. The third-order valence-corrected chi connectivity index (χ3v) is 17.0. The fraction of sp³-hybridized carbons (Fsp3) is 0.230. The molecule has 0 aliphatic heterocycles. The fourth-order valence-corrected chi connectivity index (χ4v) is 12.8. The summed E-state index contributed by atoms with van der Waals surface area (Å²) in [5.41, 5.74) is 23.2. The van der Waals surface area contributed by atoms with Gasteiger partial charge in [0.25, 0.3) is 0 Å². The van der Waals surface area contributed by atoms with E-state index < -0.39 is 5.41 Å². The number of para-hydroxylation sites is 1. The van der Waals surface area contributed by atoms with Gasteiger partial charge in [0.05, 0.1) is 22.0 Å². The van der Waals surface area contributed by atoms with E-state index in [1.807, 2.05) is 6.20 Å². The minimum Gasteiger partial charge on any atom is -0.455 e. The van der Waals surface area contributed by atoms with Gasteiger partial charge in [0.15, 0.2) is 0 Å². The van der Waals surface area contributed by atoms with Crippen LogP contribution in [0.1, 0.15) is 128 Å². The topological polar surface area (TPSA) is 32.5 Å². The van der Waals surface area contributed by atoms with Gasteiger partial charge in [-0.05, 0) is 156 Å². The van der Waals surface area contributed by atoms with Gasteiger partial charge in [0.2, 0.25) is 0 Å². The van der Waals surface area contributed by atoms with E-state index in [1.54, 1.807) is 0 Å². The lowest BCUT2D eigenvalue weighted by Crippen LogP contribution is -2.26. The maximum Gasteiger partial charge on any atom is 0.145 e. The lowest BCUT2D eigenvalue weighted by atomic mass is 9.70. The van der Waals surface area contributed by atoms with Crippen LogP contribution < -0.4 is 9.80 Å². The molecule has 2 heterocycles. The summed E-state index contributed by atoms with van der Waals surface area (Å²) in [5, 5.41) is 3.29. The first-order valence-corrected chi connectivity index (χ1v) is 27.9. The second kappa shape index (κ2) is 17.4. The largest absolute Gasteiger partial charge is 0.455 e. The molecule has 0 bridgehead atoms. The quantitative estimate of drug-likeness (QED) is 0.166. The molecular weight excluding hydrogens is 947 g/mol. The summed E-state index contributed by atoms with van der Waals surface area (Å²) in [7, 11) is 0. The van der Waals surface area contributed by atoms with E-state index in [1.165, 1.54) is 55.6 Å². The van der Waals surface area contributed by atoms with Crippen LogP contribution in [0.3, 0.4) is 0 Å². The van der Waals surface area contributed by atoms with E-state index in [9.17, 15) is 0 Å². The van der Waals surface area contributed by atoms with E-state index in [-0.39, 0.29) is 21.7 Å². The molecule has 0 radical (unpaired) electrons. The normalized spacial score (nSPS) is 15.0. The van der Waals surface area contributed by atoms with Gasteiger partial charge in [0.1, 0.15) is 11.2 Å². The molecule has 78 heavy (non-hydrogen) atoms. The molecule has 1 unspecified atom stereocenters. The molecule has 13 rings (SSSR count). The van der Waals surface area contributed by atoms with Gasteiger partial charge in [0, 0.05) is 56.5 Å². The highest BCUT2D eigenvalue weighted by atomic mass is 16.3. The van der Waals surface area contributed by atoms with Crippen molar-refractivity contribution in [2.45, 2.75) is 110 Å². The number of benzene rings is 9. The Bertz CT molecular complexity index is 4040. The predicted octanol–water partition coefficient (Wildman–Crippen LogP) is 20.6. The number of aromatic nitrogens is 1. The highest BCUT2D eigenvalue weighted by molar-refractivity contribution is 6.20.